The third-order valence-corrected chi connectivity index (χ3v) is 4.55. The van der Waals surface area contributed by atoms with Gasteiger partial charge in [-0.3, -0.25) is 4.79 Å². The zero-order valence-corrected chi connectivity index (χ0v) is 16.0. The first-order valence-electron chi connectivity index (χ1n) is 9.39. The van der Waals surface area contributed by atoms with Crippen molar-refractivity contribution in [2.75, 3.05) is 25.0 Å². The number of carbonyl (C=O) groups excluding carboxylic acids is 2. The van der Waals surface area contributed by atoms with Gasteiger partial charge in [-0.05, 0) is 55.8 Å². The Morgan fingerprint density at radius 1 is 1.18 bits per heavy atom. The van der Waals surface area contributed by atoms with Crippen LogP contribution < -0.4 is 16.0 Å². The molecule has 1 aliphatic rings. The molecule has 1 atom stereocenters. The van der Waals surface area contributed by atoms with E-state index in [1.807, 2.05) is 19.9 Å². The summed E-state index contributed by atoms with van der Waals surface area (Å²) in [7, 11) is 0. The minimum atomic E-state index is -0.314. The molecule has 0 spiro atoms. The van der Waals surface area contributed by atoms with Crippen LogP contribution in [-0.2, 0) is 0 Å². The molecule has 3 amide bonds. The maximum Gasteiger partial charge on any atom is 0.319 e. The van der Waals surface area contributed by atoms with Crippen LogP contribution in [0.2, 0.25) is 0 Å². The molecule has 2 aromatic carbocycles. The van der Waals surface area contributed by atoms with Crippen LogP contribution in [0.25, 0.3) is 0 Å². The van der Waals surface area contributed by atoms with E-state index in [2.05, 4.69) is 16.0 Å². The lowest BCUT2D eigenvalue weighted by Gasteiger charge is -2.36. The molecule has 3 rings (SSSR count). The maximum atomic E-state index is 13.6. The molecule has 148 valence electrons. The number of piperazine rings is 1. The number of benzene rings is 2. The summed E-state index contributed by atoms with van der Waals surface area (Å²) in [5, 5.41) is 8.74. The molecule has 1 unspecified atom stereocenters. The maximum absolute atomic E-state index is 13.6. The molecule has 7 heteroatoms. The normalized spacial score (nSPS) is 16.7. The van der Waals surface area contributed by atoms with Gasteiger partial charge < -0.3 is 20.9 Å². The van der Waals surface area contributed by atoms with Gasteiger partial charge in [0.15, 0.2) is 0 Å². The van der Waals surface area contributed by atoms with Crippen LogP contribution in [-0.4, -0.2) is 42.5 Å². The van der Waals surface area contributed by atoms with Crippen LogP contribution >= 0.6 is 0 Å². The zero-order chi connectivity index (χ0) is 20.1. The van der Waals surface area contributed by atoms with Crippen LogP contribution in [0.1, 0.15) is 35.8 Å². The number of hydrogen-bond donors (Lipinski definition) is 3. The van der Waals surface area contributed by atoms with Crippen molar-refractivity contribution < 1.29 is 14.0 Å². The van der Waals surface area contributed by atoms with Gasteiger partial charge in [0.1, 0.15) is 5.82 Å². The first-order chi connectivity index (χ1) is 13.4. The van der Waals surface area contributed by atoms with Gasteiger partial charge in [0.25, 0.3) is 5.91 Å². The number of rotatable bonds is 4. The fraction of sp³-hybridized carbons (Fsp3) is 0.333. The van der Waals surface area contributed by atoms with Crippen LogP contribution in [0.4, 0.5) is 14.9 Å². The monoisotopic (exact) mass is 384 g/mol. The van der Waals surface area contributed by atoms with E-state index in [1.165, 1.54) is 12.1 Å². The van der Waals surface area contributed by atoms with Crippen molar-refractivity contribution in [2.45, 2.75) is 25.9 Å². The Labute approximate surface area is 164 Å². The van der Waals surface area contributed by atoms with Crippen molar-refractivity contribution in [3.63, 3.8) is 0 Å². The summed E-state index contributed by atoms with van der Waals surface area (Å²) in [6.07, 6.45) is 0. The highest BCUT2D eigenvalue weighted by Crippen LogP contribution is 2.25. The van der Waals surface area contributed by atoms with E-state index < -0.39 is 0 Å². The van der Waals surface area contributed by atoms with Crippen LogP contribution in [0.15, 0.2) is 48.5 Å². The smallest absolute Gasteiger partial charge is 0.319 e. The van der Waals surface area contributed by atoms with Gasteiger partial charge in [-0.1, -0.05) is 12.1 Å². The number of anilines is 1. The lowest BCUT2D eigenvalue weighted by molar-refractivity contribution is 0.0634. The van der Waals surface area contributed by atoms with Gasteiger partial charge in [-0.15, -0.1) is 0 Å². The lowest BCUT2D eigenvalue weighted by Crippen LogP contribution is -2.48. The Balaban J connectivity index is 1.73. The van der Waals surface area contributed by atoms with Crippen LogP contribution in [0.3, 0.4) is 0 Å². The molecule has 0 radical (unpaired) electrons. The molecule has 2 aromatic rings. The SMILES string of the molecule is CC(C)NC(=O)Nc1ccc(C(=O)N2CCNCC2c2cccc(F)c2)cc1. The van der Waals surface area contributed by atoms with E-state index in [-0.39, 0.29) is 29.8 Å². The Morgan fingerprint density at radius 2 is 1.93 bits per heavy atom. The first kappa shape index (κ1) is 19.8. The van der Waals surface area contributed by atoms with Crippen LogP contribution in [0, 0.1) is 5.82 Å². The number of halogens is 1. The number of urea groups is 1. The van der Waals surface area contributed by atoms with Gasteiger partial charge in [0, 0.05) is 36.9 Å². The van der Waals surface area contributed by atoms with Gasteiger partial charge in [0.2, 0.25) is 0 Å². The van der Waals surface area contributed by atoms with E-state index in [4.69, 9.17) is 0 Å². The molecule has 0 aliphatic carbocycles. The summed E-state index contributed by atoms with van der Waals surface area (Å²) < 4.78 is 13.6. The van der Waals surface area contributed by atoms with Gasteiger partial charge in [-0.25, -0.2) is 9.18 Å². The second-order valence-electron chi connectivity index (χ2n) is 7.10. The zero-order valence-electron chi connectivity index (χ0n) is 16.0. The van der Waals surface area contributed by atoms with Gasteiger partial charge in [-0.2, -0.15) is 0 Å². The minimum Gasteiger partial charge on any atom is -0.336 e. The van der Waals surface area contributed by atoms with Crippen molar-refractivity contribution in [1.82, 2.24) is 15.5 Å². The second-order valence-corrected chi connectivity index (χ2v) is 7.10. The molecule has 0 aromatic heterocycles. The second kappa shape index (κ2) is 8.84. The van der Waals surface area contributed by atoms with Crippen molar-refractivity contribution in [2.24, 2.45) is 0 Å². The highest BCUT2D eigenvalue weighted by molar-refractivity contribution is 5.96. The molecular formula is C21H25FN4O2. The molecule has 3 N–H and O–H groups in total. The standard InChI is InChI=1S/C21H25FN4O2/c1-14(2)24-21(28)25-18-8-6-15(7-9-18)20(27)26-11-10-23-13-19(26)16-4-3-5-17(22)12-16/h3-9,12,14,19,23H,10-11,13H2,1-2H3,(H2,24,25,28). The lowest BCUT2D eigenvalue weighted by atomic mass is 10.0. The number of carbonyl (C=O) groups is 2. The summed E-state index contributed by atoms with van der Waals surface area (Å²) >= 11 is 0. The van der Waals surface area contributed by atoms with Crippen LogP contribution in [0.5, 0.6) is 0 Å². The fourth-order valence-electron chi connectivity index (χ4n) is 3.25. The number of hydrogen-bond acceptors (Lipinski definition) is 3. The van der Waals surface area contributed by atoms with E-state index in [0.717, 1.165) is 5.56 Å². The number of nitrogens with one attached hydrogen (secondary N) is 3. The summed E-state index contributed by atoms with van der Waals surface area (Å²) in [5.41, 5.74) is 1.90. The van der Waals surface area contributed by atoms with Crippen molar-refractivity contribution in [3.8, 4) is 0 Å². The summed E-state index contributed by atoms with van der Waals surface area (Å²) in [4.78, 5) is 26.6. The summed E-state index contributed by atoms with van der Waals surface area (Å²) in [6.45, 7) is 5.56. The van der Waals surface area contributed by atoms with E-state index in [0.29, 0.717) is 30.9 Å². The Hall–Kier alpha value is -2.93. The number of amides is 3. The molecule has 28 heavy (non-hydrogen) atoms. The summed E-state index contributed by atoms with van der Waals surface area (Å²) in [5.74, 6) is -0.431. The number of nitrogens with zero attached hydrogens (tertiary/aromatic N) is 1. The van der Waals surface area contributed by atoms with Crippen molar-refractivity contribution in [1.29, 1.82) is 0 Å². The quantitative estimate of drug-likeness (QED) is 0.758. The molecule has 0 bridgehead atoms. The average Bonchev–Trinajstić information content (AvgIpc) is 2.67. The molecule has 1 fully saturated rings. The van der Waals surface area contributed by atoms with Gasteiger partial charge in [0.05, 0.1) is 6.04 Å². The third-order valence-electron chi connectivity index (χ3n) is 4.55. The summed E-state index contributed by atoms with van der Waals surface area (Å²) in [6, 6.07) is 12.7. The van der Waals surface area contributed by atoms with Crippen molar-refractivity contribution in [3.05, 3.63) is 65.5 Å². The van der Waals surface area contributed by atoms with Gasteiger partial charge >= 0.3 is 6.03 Å². The van der Waals surface area contributed by atoms with E-state index >= 15 is 0 Å². The molecule has 0 saturated carbocycles. The Kier molecular flexibility index (Phi) is 6.26. The van der Waals surface area contributed by atoms with Crippen molar-refractivity contribution >= 4 is 17.6 Å². The highest BCUT2D eigenvalue weighted by Gasteiger charge is 2.28. The third kappa shape index (κ3) is 4.86. The average molecular weight is 384 g/mol. The Bertz CT molecular complexity index is 839. The van der Waals surface area contributed by atoms with E-state index in [9.17, 15) is 14.0 Å². The minimum absolute atomic E-state index is 0.0355. The largest absolute Gasteiger partial charge is 0.336 e. The predicted molar refractivity (Wildman–Crippen MR) is 107 cm³/mol. The molecule has 1 saturated heterocycles. The molecular weight excluding hydrogens is 359 g/mol. The Morgan fingerprint density at radius 3 is 2.61 bits per heavy atom. The first-order valence-corrected chi connectivity index (χ1v) is 9.39. The fourth-order valence-corrected chi connectivity index (χ4v) is 3.25. The molecule has 1 heterocycles. The van der Waals surface area contributed by atoms with E-state index in [1.54, 1.807) is 35.2 Å². The topological polar surface area (TPSA) is 73.5 Å². The molecule has 6 nitrogen and oxygen atoms in total. The molecule has 1 aliphatic heterocycles. The highest BCUT2D eigenvalue weighted by atomic mass is 19.1. The predicted octanol–water partition coefficient (Wildman–Crippen LogP) is 3.14.